The van der Waals surface area contributed by atoms with Crippen molar-refractivity contribution in [3.8, 4) is 0 Å². The quantitative estimate of drug-likeness (QED) is 0.607. The van der Waals surface area contributed by atoms with Gasteiger partial charge in [-0.3, -0.25) is 9.59 Å². The van der Waals surface area contributed by atoms with E-state index in [-0.39, 0.29) is 30.4 Å². The number of sulfonamides is 1. The lowest BCUT2D eigenvalue weighted by Crippen LogP contribution is -2.26. The molecule has 0 saturated heterocycles. The smallest absolute Gasteiger partial charge is 0.307 e. The average molecular weight is 445 g/mol. The summed E-state index contributed by atoms with van der Waals surface area (Å²) in [5.74, 6) is -0.856. The molecular formula is C18H18Cl2N2O5S. The number of esters is 1. The molecule has 1 amide bonds. The molecule has 0 aliphatic rings. The zero-order valence-electron chi connectivity index (χ0n) is 14.9. The number of ether oxygens (including phenoxy) is 1. The Labute approximate surface area is 173 Å². The van der Waals surface area contributed by atoms with Gasteiger partial charge in [0.1, 0.15) is 6.61 Å². The van der Waals surface area contributed by atoms with E-state index in [1.165, 1.54) is 31.2 Å². The Hall–Kier alpha value is -2.13. The minimum atomic E-state index is -3.79. The lowest BCUT2D eigenvalue weighted by Gasteiger charge is -2.10. The molecule has 0 atom stereocenters. The Morgan fingerprint density at radius 2 is 1.64 bits per heavy atom. The van der Waals surface area contributed by atoms with Gasteiger partial charge in [0, 0.05) is 34.8 Å². The second-order valence-corrected chi connectivity index (χ2v) is 8.30. The molecule has 28 heavy (non-hydrogen) atoms. The summed E-state index contributed by atoms with van der Waals surface area (Å²) in [5.41, 5.74) is 0.965. The molecule has 0 saturated carbocycles. The van der Waals surface area contributed by atoms with Gasteiger partial charge >= 0.3 is 5.97 Å². The molecule has 0 heterocycles. The van der Waals surface area contributed by atoms with Crippen molar-refractivity contribution in [3.63, 3.8) is 0 Å². The number of rotatable bonds is 8. The molecule has 0 aliphatic carbocycles. The highest BCUT2D eigenvalue weighted by atomic mass is 35.5. The summed E-state index contributed by atoms with van der Waals surface area (Å²) < 4.78 is 31.9. The van der Waals surface area contributed by atoms with Crippen LogP contribution in [0.1, 0.15) is 18.9 Å². The summed E-state index contributed by atoms with van der Waals surface area (Å²) in [6.45, 7) is 1.12. The Balaban J connectivity index is 1.84. The molecule has 0 aromatic heterocycles. The van der Waals surface area contributed by atoms with Crippen LogP contribution in [0.15, 0.2) is 47.4 Å². The molecule has 0 aliphatic heterocycles. The van der Waals surface area contributed by atoms with Crippen LogP contribution in [0.3, 0.4) is 0 Å². The molecule has 0 spiro atoms. The Morgan fingerprint density at radius 3 is 2.21 bits per heavy atom. The average Bonchev–Trinajstić information content (AvgIpc) is 2.61. The van der Waals surface area contributed by atoms with E-state index in [2.05, 4.69) is 10.0 Å². The molecule has 0 fully saturated rings. The number of halogens is 2. The predicted octanol–water partition coefficient (Wildman–Crippen LogP) is 3.36. The lowest BCUT2D eigenvalue weighted by molar-refractivity contribution is -0.144. The van der Waals surface area contributed by atoms with E-state index in [1.807, 2.05) is 0 Å². The van der Waals surface area contributed by atoms with Crippen LogP contribution in [0, 0.1) is 0 Å². The number of hydrogen-bond donors (Lipinski definition) is 2. The Bertz CT molecular complexity index is 942. The maximum absolute atomic E-state index is 12.2. The normalized spacial score (nSPS) is 11.1. The van der Waals surface area contributed by atoms with E-state index in [1.54, 1.807) is 18.2 Å². The number of carbonyl (C=O) groups is 2. The molecule has 2 aromatic rings. The standard InChI is InChI=1S/C18H18Cl2N2O5S/c1-12(23)22-13-5-7-14(8-6-13)28(25,26)21-10-9-18(24)27-11-15-16(19)3-2-4-17(15)20/h2-8,21H,9-11H2,1H3,(H,22,23). The number of hydrogen-bond acceptors (Lipinski definition) is 5. The number of amides is 1. The number of benzene rings is 2. The van der Waals surface area contributed by atoms with E-state index in [4.69, 9.17) is 27.9 Å². The van der Waals surface area contributed by atoms with Crippen LogP contribution in [-0.2, 0) is 31.0 Å². The third-order valence-corrected chi connectivity index (χ3v) is 5.73. The molecule has 0 radical (unpaired) electrons. The van der Waals surface area contributed by atoms with Gasteiger partial charge in [0.25, 0.3) is 0 Å². The first-order chi connectivity index (χ1) is 13.2. The fraction of sp³-hybridized carbons (Fsp3) is 0.222. The molecule has 0 unspecified atom stereocenters. The minimum Gasteiger partial charge on any atom is -0.461 e. The fourth-order valence-electron chi connectivity index (χ4n) is 2.19. The summed E-state index contributed by atoms with van der Waals surface area (Å²) in [4.78, 5) is 22.8. The predicted molar refractivity (Wildman–Crippen MR) is 107 cm³/mol. The van der Waals surface area contributed by atoms with Crippen LogP contribution < -0.4 is 10.0 Å². The van der Waals surface area contributed by atoms with Crippen molar-refractivity contribution < 1.29 is 22.7 Å². The lowest BCUT2D eigenvalue weighted by atomic mass is 10.2. The third kappa shape index (κ3) is 6.49. The van der Waals surface area contributed by atoms with Gasteiger partial charge < -0.3 is 10.1 Å². The van der Waals surface area contributed by atoms with Gasteiger partial charge in [-0.25, -0.2) is 13.1 Å². The summed E-state index contributed by atoms with van der Waals surface area (Å²) in [6, 6.07) is 10.6. The van der Waals surface area contributed by atoms with Gasteiger partial charge in [0.2, 0.25) is 15.9 Å². The molecule has 0 bridgehead atoms. The first-order valence-corrected chi connectivity index (χ1v) is 10.4. The molecule has 2 rings (SSSR count). The highest BCUT2D eigenvalue weighted by molar-refractivity contribution is 7.89. The van der Waals surface area contributed by atoms with Crippen LogP contribution in [-0.4, -0.2) is 26.8 Å². The van der Waals surface area contributed by atoms with Crippen molar-refractivity contribution in [1.29, 1.82) is 0 Å². The highest BCUT2D eigenvalue weighted by Gasteiger charge is 2.15. The van der Waals surface area contributed by atoms with Crippen LogP contribution in [0.25, 0.3) is 0 Å². The third-order valence-electron chi connectivity index (χ3n) is 3.55. The highest BCUT2D eigenvalue weighted by Crippen LogP contribution is 2.25. The van der Waals surface area contributed by atoms with Crippen LogP contribution >= 0.6 is 23.2 Å². The summed E-state index contributed by atoms with van der Waals surface area (Å²) in [5, 5.41) is 3.30. The number of carbonyl (C=O) groups excluding carboxylic acids is 2. The summed E-state index contributed by atoms with van der Waals surface area (Å²) in [7, 11) is -3.79. The van der Waals surface area contributed by atoms with Gasteiger partial charge in [0.05, 0.1) is 11.3 Å². The van der Waals surface area contributed by atoms with Gasteiger partial charge in [-0.2, -0.15) is 0 Å². The maximum atomic E-state index is 12.2. The maximum Gasteiger partial charge on any atom is 0.307 e. The van der Waals surface area contributed by atoms with Crippen molar-refractivity contribution in [3.05, 3.63) is 58.1 Å². The van der Waals surface area contributed by atoms with Gasteiger partial charge in [0.15, 0.2) is 0 Å². The van der Waals surface area contributed by atoms with E-state index in [0.29, 0.717) is 21.3 Å². The molecular weight excluding hydrogens is 427 g/mol. The minimum absolute atomic E-state index is 0.0119. The van der Waals surface area contributed by atoms with Crippen molar-refractivity contribution in [2.45, 2.75) is 24.8 Å². The van der Waals surface area contributed by atoms with E-state index in [9.17, 15) is 18.0 Å². The van der Waals surface area contributed by atoms with Crippen LogP contribution in [0.2, 0.25) is 10.0 Å². The molecule has 10 heteroatoms. The molecule has 2 aromatic carbocycles. The zero-order chi connectivity index (χ0) is 20.7. The van der Waals surface area contributed by atoms with Gasteiger partial charge in [-0.1, -0.05) is 29.3 Å². The fourth-order valence-corrected chi connectivity index (χ4v) is 3.72. The van der Waals surface area contributed by atoms with E-state index >= 15 is 0 Å². The largest absolute Gasteiger partial charge is 0.461 e. The van der Waals surface area contributed by atoms with Crippen molar-refractivity contribution in [1.82, 2.24) is 4.72 Å². The molecule has 150 valence electrons. The summed E-state index contributed by atoms with van der Waals surface area (Å²) >= 11 is 12.0. The Morgan fingerprint density at radius 1 is 1.04 bits per heavy atom. The number of anilines is 1. The second kappa shape index (κ2) is 9.88. The first-order valence-electron chi connectivity index (χ1n) is 8.15. The Kier molecular flexibility index (Phi) is 7.82. The topological polar surface area (TPSA) is 102 Å². The van der Waals surface area contributed by atoms with Crippen LogP contribution in [0.4, 0.5) is 5.69 Å². The zero-order valence-corrected chi connectivity index (χ0v) is 17.2. The van der Waals surface area contributed by atoms with E-state index in [0.717, 1.165) is 0 Å². The van der Waals surface area contributed by atoms with Gasteiger partial charge in [-0.05, 0) is 36.4 Å². The SMILES string of the molecule is CC(=O)Nc1ccc(S(=O)(=O)NCCC(=O)OCc2c(Cl)cccc2Cl)cc1. The van der Waals surface area contributed by atoms with Crippen molar-refractivity contribution in [2.24, 2.45) is 0 Å². The van der Waals surface area contributed by atoms with E-state index < -0.39 is 16.0 Å². The second-order valence-electron chi connectivity index (χ2n) is 5.71. The summed E-state index contributed by atoms with van der Waals surface area (Å²) in [6.07, 6.45) is -0.161. The van der Waals surface area contributed by atoms with Crippen LogP contribution in [0.5, 0.6) is 0 Å². The van der Waals surface area contributed by atoms with Crippen molar-refractivity contribution in [2.75, 3.05) is 11.9 Å². The first kappa shape index (κ1) is 22.2. The monoisotopic (exact) mass is 444 g/mol. The molecule has 2 N–H and O–H groups in total. The van der Waals surface area contributed by atoms with Crippen molar-refractivity contribution >= 4 is 50.8 Å². The molecule has 7 nitrogen and oxygen atoms in total. The van der Waals surface area contributed by atoms with Gasteiger partial charge in [-0.15, -0.1) is 0 Å². The number of nitrogens with one attached hydrogen (secondary N) is 2.